The summed E-state index contributed by atoms with van der Waals surface area (Å²) in [5, 5.41) is 4.10. The molecule has 0 atom stereocenters. The van der Waals surface area contributed by atoms with Crippen LogP contribution in [0, 0.1) is 0 Å². The molecule has 1 amide bonds. The molecule has 1 aliphatic rings. The average Bonchev–Trinajstić information content (AvgIpc) is 2.71. The molecule has 0 saturated carbocycles. The summed E-state index contributed by atoms with van der Waals surface area (Å²) in [4.78, 5) is 17.0. The SMILES string of the molecule is CC(C)(NC(=O)/C=C/c1cccc2cccnc12)c1ccc2c(c1)OCCO2. The van der Waals surface area contributed by atoms with Gasteiger partial charge in [0.25, 0.3) is 0 Å². The van der Waals surface area contributed by atoms with Crippen molar-refractivity contribution in [3.8, 4) is 11.5 Å². The van der Waals surface area contributed by atoms with Gasteiger partial charge in [0.15, 0.2) is 11.5 Å². The highest BCUT2D eigenvalue weighted by Crippen LogP contribution is 2.34. The summed E-state index contributed by atoms with van der Waals surface area (Å²) >= 11 is 0. The first-order chi connectivity index (χ1) is 13.5. The first-order valence-electron chi connectivity index (χ1n) is 9.27. The first kappa shape index (κ1) is 18.0. The van der Waals surface area contributed by atoms with Crippen molar-refractivity contribution in [3.63, 3.8) is 0 Å². The van der Waals surface area contributed by atoms with E-state index in [2.05, 4.69) is 10.3 Å². The van der Waals surface area contributed by atoms with Crippen LogP contribution in [0.1, 0.15) is 25.0 Å². The molecular formula is C23H22N2O3. The number of carbonyl (C=O) groups is 1. The third-order valence-electron chi connectivity index (χ3n) is 4.78. The second-order valence-electron chi connectivity index (χ2n) is 7.23. The summed E-state index contributed by atoms with van der Waals surface area (Å²) in [6.07, 6.45) is 5.10. The molecule has 0 saturated heterocycles. The monoisotopic (exact) mass is 374 g/mol. The van der Waals surface area contributed by atoms with E-state index in [1.54, 1.807) is 18.3 Å². The first-order valence-corrected chi connectivity index (χ1v) is 9.27. The van der Waals surface area contributed by atoms with Crippen LogP contribution in [0.2, 0.25) is 0 Å². The molecule has 0 spiro atoms. The highest BCUT2D eigenvalue weighted by molar-refractivity contribution is 5.95. The number of amides is 1. The third kappa shape index (κ3) is 3.69. The minimum atomic E-state index is -0.561. The molecular weight excluding hydrogens is 352 g/mol. The summed E-state index contributed by atoms with van der Waals surface area (Å²) in [5.74, 6) is 1.27. The number of benzene rings is 2. The molecule has 5 nitrogen and oxygen atoms in total. The minimum Gasteiger partial charge on any atom is -0.486 e. The predicted octanol–water partition coefficient (Wildman–Crippen LogP) is 4.07. The lowest BCUT2D eigenvalue weighted by Gasteiger charge is -2.28. The Hall–Kier alpha value is -3.34. The minimum absolute atomic E-state index is 0.173. The van der Waals surface area contributed by atoms with Crippen LogP contribution in [0.4, 0.5) is 0 Å². The van der Waals surface area contributed by atoms with Crippen LogP contribution in [0.5, 0.6) is 11.5 Å². The van der Waals surface area contributed by atoms with Crippen molar-refractivity contribution in [2.24, 2.45) is 0 Å². The van der Waals surface area contributed by atoms with Gasteiger partial charge in [-0.25, -0.2) is 0 Å². The lowest BCUT2D eigenvalue weighted by atomic mass is 9.93. The van der Waals surface area contributed by atoms with E-state index < -0.39 is 5.54 Å². The van der Waals surface area contributed by atoms with E-state index in [1.165, 1.54) is 0 Å². The number of pyridine rings is 1. The molecule has 0 bridgehead atoms. The van der Waals surface area contributed by atoms with Gasteiger partial charge >= 0.3 is 0 Å². The quantitative estimate of drug-likeness (QED) is 0.700. The average molecular weight is 374 g/mol. The lowest BCUT2D eigenvalue weighted by Crippen LogP contribution is -2.40. The molecule has 28 heavy (non-hydrogen) atoms. The Bertz CT molecular complexity index is 1050. The Morgan fingerprint density at radius 2 is 1.86 bits per heavy atom. The van der Waals surface area contributed by atoms with Crippen molar-refractivity contribution in [3.05, 3.63) is 71.9 Å². The molecule has 0 fully saturated rings. The van der Waals surface area contributed by atoms with Crippen molar-refractivity contribution in [1.82, 2.24) is 10.3 Å². The van der Waals surface area contributed by atoms with Crippen LogP contribution in [0.3, 0.4) is 0 Å². The molecule has 0 radical (unpaired) electrons. The number of para-hydroxylation sites is 1. The van der Waals surface area contributed by atoms with Crippen LogP contribution in [0.25, 0.3) is 17.0 Å². The molecule has 4 rings (SSSR count). The van der Waals surface area contributed by atoms with Crippen molar-refractivity contribution in [2.75, 3.05) is 13.2 Å². The number of rotatable bonds is 4. The summed E-state index contributed by atoms with van der Waals surface area (Å²) in [7, 11) is 0. The van der Waals surface area contributed by atoms with Crippen molar-refractivity contribution < 1.29 is 14.3 Å². The lowest BCUT2D eigenvalue weighted by molar-refractivity contribution is -0.118. The Balaban J connectivity index is 1.51. The number of ether oxygens (including phenoxy) is 2. The number of nitrogens with zero attached hydrogens (tertiary/aromatic N) is 1. The fourth-order valence-corrected chi connectivity index (χ4v) is 3.28. The van der Waals surface area contributed by atoms with Gasteiger partial charge in [0.05, 0.1) is 11.1 Å². The number of nitrogens with one attached hydrogen (secondary N) is 1. The molecule has 0 unspecified atom stereocenters. The fourth-order valence-electron chi connectivity index (χ4n) is 3.28. The van der Waals surface area contributed by atoms with E-state index in [0.29, 0.717) is 19.0 Å². The van der Waals surface area contributed by atoms with Crippen LogP contribution in [0.15, 0.2) is 60.8 Å². The third-order valence-corrected chi connectivity index (χ3v) is 4.78. The van der Waals surface area contributed by atoms with E-state index in [9.17, 15) is 4.79 Å². The van der Waals surface area contributed by atoms with Gasteiger partial charge < -0.3 is 14.8 Å². The van der Waals surface area contributed by atoms with Gasteiger partial charge in [-0.2, -0.15) is 0 Å². The second-order valence-corrected chi connectivity index (χ2v) is 7.23. The summed E-state index contributed by atoms with van der Waals surface area (Å²) in [6, 6.07) is 15.6. The van der Waals surface area contributed by atoms with Gasteiger partial charge in [0.2, 0.25) is 5.91 Å². The number of hydrogen-bond acceptors (Lipinski definition) is 4. The smallest absolute Gasteiger partial charge is 0.244 e. The maximum absolute atomic E-state index is 12.6. The van der Waals surface area contributed by atoms with Crippen molar-refractivity contribution in [2.45, 2.75) is 19.4 Å². The zero-order valence-electron chi connectivity index (χ0n) is 15.9. The zero-order chi connectivity index (χ0) is 19.6. The molecule has 1 N–H and O–H groups in total. The number of fused-ring (bicyclic) bond motifs is 2. The highest BCUT2D eigenvalue weighted by Gasteiger charge is 2.24. The van der Waals surface area contributed by atoms with E-state index in [4.69, 9.17) is 9.47 Å². The Kier molecular flexibility index (Phi) is 4.74. The number of aromatic nitrogens is 1. The van der Waals surface area contributed by atoms with Gasteiger partial charge in [0, 0.05) is 23.2 Å². The van der Waals surface area contributed by atoms with Crippen LogP contribution in [-0.4, -0.2) is 24.1 Å². The summed E-state index contributed by atoms with van der Waals surface area (Å²) in [5.41, 5.74) is 2.17. The maximum Gasteiger partial charge on any atom is 0.244 e. The molecule has 0 aliphatic carbocycles. The Morgan fingerprint density at radius 3 is 2.71 bits per heavy atom. The van der Waals surface area contributed by atoms with Gasteiger partial charge in [-0.1, -0.05) is 30.3 Å². The van der Waals surface area contributed by atoms with Gasteiger partial charge in [-0.15, -0.1) is 0 Å². The maximum atomic E-state index is 12.6. The van der Waals surface area contributed by atoms with Gasteiger partial charge in [0.1, 0.15) is 13.2 Å². The molecule has 1 aromatic heterocycles. The van der Waals surface area contributed by atoms with Crippen LogP contribution in [-0.2, 0) is 10.3 Å². The molecule has 3 aromatic rings. The van der Waals surface area contributed by atoms with E-state index >= 15 is 0 Å². The standard InChI is InChI=1S/C23H22N2O3/c1-23(2,18-9-10-19-20(15-18)28-14-13-27-19)25-21(26)11-8-17-6-3-5-16-7-4-12-24-22(16)17/h3-12,15H,13-14H2,1-2H3,(H,25,26)/b11-8+. The Morgan fingerprint density at radius 1 is 1.07 bits per heavy atom. The van der Waals surface area contributed by atoms with Gasteiger partial charge in [-0.05, 0) is 43.7 Å². The fraction of sp³-hybridized carbons (Fsp3) is 0.217. The largest absolute Gasteiger partial charge is 0.486 e. The molecule has 142 valence electrons. The molecule has 1 aliphatic heterocycles. The molecule has 2 aromatic carbocycles. The zero-order valence-corrected chi connectivity index (χ0v) is 15.9. The van der Waals surface area contributed by atoms with E-state index in [0.717, 1.165) is 27.8 Å². The second kappa shape index (κ2) is 7.35. The molecule has 2 heterocycles. The predicted molar refractivity (Wildman–Crippen MR) is 109 cm³/mol. The normalized spacial score (nSPS) is 13.6. The van der Waals surface area contributed by atoms with Crippen LogP contribution >= 0.6 is 0 Å². The summed E-state index contributed by atoms with van der Waals surface area (Å²) in [6.45, 7) is 5.01. The van der Waals surface area contributed by atoms with Crippen molar-refractivity contribution >= 4 is 22.9 Å². The molecule has 5 heteroatoms. The van der Waals surface area contributed by atoms with E-state index in [-0.39, 0.29) is 5.91 Å². The highest BCUT2D eigenvalue weighted by atomic mass is 16.6. The summed E-state index contributed by atoms with van der Waals surface area (Å²) < 4.78 is 11.2. The van der Waals surface area contributed by atoms with Crippen molar-refractivity contribution in [1.29, 1.82) is 0 Å². The number of carbonyl (C=O) groups excluding carboxylic acids is 1. The van der Waals surface area contributed by atoms with E-state index in [1.807, 2.05) is 62.4 Å². The topological polar surface area (TPSA) is 60.5 Å². The number of hydrogen-bond donors (Lipinski definition) is 1. The van der Waals surface area contributed by atoms with Gasteiger partial charge in [-0.3, -0.25) is 9.78 Å². The van der Waals surface area contributed by atoms with Crippen LogP contribution < -0.4 is 14.8 Å². The Labute approximate surface area is 164 Å².